The molecule has 3 aromatic carbocycles. The Balaban J connectivity index is 1.05. The smallest absolute Gasteiger partial charge is 0.407 e. The molecular formula is C47H60Cl2N10O4. The predicted molar refractivity (Wildman–Crippen MR) is 250 cm³/mol. The first kappa shape index (κ1) is 44.6. The van der Waals surface area contributed by atoms with Gasteiger partial charge in [-0.2, -0.15) is 0 Å². The Morgan fingerprint density at radius 3 is 2.13 bits per heavy atom. The SMILES string of the molecule is CNC(C(=O)NCCCCc1nc2cc([C@H]3CC[C@H](c4ccc5[nH]c([C@@H]6CCCN6C(=O)CNC(=O)OC)nc5c4)N3c3cc(Cl)c(N4CCCCC4)c(Cl)c3)ccc2[nH]1)C(C)C. The number of hydrogen-bond donors (Lipinski definition) is 5. The summed E-state index contributed by atoms with van der Waals surface area (Å²) in [5.74, 6) is 1.76. The normalized spacial score (nSPS) is 19.7. The van der Waals surface area contributed by atoms with Crippen LogP contribution in [0.5, 0.6) is 0 Å². The molecule has 0 bridgehead atoms. The van der Waals surface area contributed by atoms with Gasteiger partial charge in [0, 0.05) is 38.3 Å². The highest BCUT2D eigenvalue weighted by Gasteiger charge is 2.38. The van der Waals surface area contributed by atoms with Crippen molar-refractivity contribution in [1.29, 1.82) is 0 Å². The van der Waals surface area contributed by atoms with Gasteiger partial charge in [-0.05, 0) is 118 Å². The number of imidazole rings is 2. The maximum absolute atomic E-state index is 13.1. The number of likely N-dealkylation sites (N-methyl/N-ethyl adjacent to an activating group) is 1. The van der Waals surface area contributed by atoms with Crippen LogP contribution in [0.15, 0.2) is 48.5 Å². The Kier molecular flexibility index (Phi) is 14.0. The molecular weight excluding hydrogens is 839 g/mol. The van der Waals surface area contributed by atoms with Gasteiger partial charge in [0.2, 0.25) is 11.8 Å². The summed E-state index contributed by atoms with van der Waals surface area (Å²) < 4.78 is 4.66. The van der Waals surface area contributed by atoms with Crippen LogP contribution in [0.4, 0.5) is 16.2 Å². The summed E-state index contributed by atoms with van der Waals surface area (Å²) in [6.45, 7) is 7.05. The minimum atomic E-state index is -0.636. The van der Waals surface area contributed by atoms with E-state index in [1.165, 1.54) is 13.5 Å². The first-order valence-corrected chi connectivity index (χ1v) is 23.3. The molecule has 1 unspecified atom stereocenters. The number of alkyl carbamates (subject to hydrolysis) is 1. The topological polar surface area (TPSA) is 164 Å². The highest BCUT2D eigenvalue weighted by molar-refractivity contribution is 6.39. The number of rotatable bonds is 15. The number of aryl methyl sites for hydroxylation is 1. The molecule has 0 radical (unpaired) electrons. The number of methoxy groups -OCH3 is 1. The third-order valence-corrected chi connectivity index (χ3v) is 13.6. The lowest BCUT2D eigenvalue weighted by Crippen LogP contribution is -2.46. The second-order valence-corrected chi connectivity index (χ2v) is 18.3. The van der Waals surface area contributed by atoms with Crippen LogP contribution >= 0.6 is 23.2 Å². The molecule has 63 heavy (non-hydrogen) atoms. The predicted octanol–water partition coefficient (Wildman–Crippen LogP) is 8.52. The van der Waals surface area contributed by atoms with E-state index in [1.807, 2.05) is 20.9 Å². The third kappa shape index (κ3) is 9.73. The van der Waals surface area contributed by atoms with Crippen LogP contribution in [0, 0.1) is 5.92 Å². The molecule has 5 aromatic rings. The van der Waals surface area contributed by atoms with Crippen molar-refractivity contribution in [3.05, 3.63) is 81.4 Å². The first-order valence-electron chi connectivity index (χ1n) is 22.6. The molecule has 0 saturated carbocycles. The number of carbonyl (C=O) groups excluding carboxylic acids is 3. The highest BCUT2D eigenvalue weighted by atomic mass is 35.5. The number of ether oxygens (including phenoxy) is 1. The Morgan fingerprint density at radius 1 is 0.810 bits per heavy atom. The average Bonchev–Trinajstić information content (AvgIpc) is 4.10. The molecule has 3 saturated heterocycles. The van der Waals surface area contributed by atoms with Crippen molar-refractivity contribution in [2.75, 3.05) is 56.7 Å². The van der Waals surface area contributed by atoms with Crippen molar-refractivity contribution < 1.29 is 19.1 Å². The monoisotopic (exact) mass is 898 g/mol. The van der Waals surface area contributed by atoms with Gasteiger partial charge < -0.3 is 45.4 Å². The minimum Gasteiger partial charge on any atom is -0.453 e. The molecule has 3 amide bonds. The van der Waals surface area contributed by atoms with Crippen molar-refractivity contribution >= 4 is 74.6 Å². The number of halogens is 2. The average molecular weight is 900 g/mol. The van der Waals surface area contributed by atoms with E-state index in [0.717, 1.165) is 127 Å². The molecule has 5 heterocycles. The van der Waals surface area contributed by atoms with Crippen LogP contribution in [0.1, 0.15) is 113 Å². The van der Waals surface area contributed by atoms with Crippen molar-refractivity contribution in [3.8, 4) is 0 Å². The molecule has 0 aliphatic carbocycles. The number of hydrogen-bond acceptors (Lipinski definition) is 9. The number of carbonyl (C=O) groups is 3. The molecule has 2 aromatic heterocycles. The zero-order valence-corrected chi connectivity index (χ0v) is 38.2. The summed E-state index contributed by atoms with van der Waals surface area (Å²) >= 11 is 14.4. The van der Waals surface area contributed by atoms with E-state index in [0.29, 0.717) is 23.1 Å². The van der Waals surface area contributed by atoms with Crippen molar-refractivity contribution in [2.24, 2.45) is 5.92 Å². The number of piperidine rings is 1. The van der Waals surface area contributed by atoms with Crippen LogP contribution in [0.3, 0.4) is 0 Å². The fourth-order valence-electron chi connectivity index (χ4n) is 9.93. The minimum absolute atomic E-state index is 0.00340. The molecule has 336 valence electrons. The molecule has 16 heteroatoms. The summed E-state index contributed by atoms with van der Waals surface area (Å²) in [6.07, 6.45) is 8.79. The molecule has 8 rings (SSSR count). The molecule has 0 spiro atoms. The number of amides is 3. The molecule has 14 nitrogen and oxygen atoms in total. The zero-order valence-electron chi connectivity index (χ0n) is 36.7. The number of likely N-dealkylation sites (tertiary alicyclic amines) is 1. The third-order valence-electron chi connectivity index (χ3n) is 13.1. The summed E-state index contributed by atoms with van der Waals surface area (Å²) in [7, 11) is 3.10. The molecule has 5 N–H and O–H groups in total. The number of nitrogens with zero attached hydrogens (tertiary/aromatic N) is 5. The molecule has 3 aliphatic rings. The Bertz CT molecular complexity index is 2410. The quantitative estimate of drug-likeness (QED) is 0.0649. The summed E-state index contributed by atoms with van der Waals surface area (Å²) in [5.41, 5.74) is 7.82. The zero-order chi connectivity index (χ0) is 44.2. The van der Waals surface area contributed by atoms with Crippen LogP contribution in [-0.2, 0) is 20.7 Å². The highest BCUT2D eigenvalue weighted by Crippen LogP contribution is 2.50. The molecule has 3 aliphatic heterocycles. The lowest BCUT2D eigenvalue weighted by atomic mass is 10.0. The van der Waals surface area contributed by atoms with Gasteiger partial charge in [-0.15, -0.1) is 0 Å². The lowest BCUT2D eigenvalue weighted by molar-refractivity contribution is -0.131. The second-order valence-electron chi connectivity index (χ2n) is 17.5. The van der Waals surface area contributed by atoms with E-state index in [1.54, 1.807) is 4.90 Å². The second kappa shape index (κ2) is 19.8. The number of anilines is 2. The van der Waals surface area contributed by atoms with Gasteiger partial charge in [0.15, 0.2) is 0 Å². The summed E-state index contributed by atoms with van der Waals surface area (Å²) in [5, 5.41) is 10.0. The van der Waals surface area contributed by atoms with Crippen LogP contribution in [0.25, 0.3) is 22.1 Å². The van der Waals surface area contributed by atoms with Crippen molar-refractivity contribution in [3.63, 3.8) is 0 Å². The first-order chi connectivity index (χ1) is 30.5. The number of nitrogens with one attached hydrogen (secondary N) is 5. The lowest BCUT2D eigenvalue weighted by Gasteiger charge is -2.35. The van der Waals surface area contributed by atoms with Gasteiger partial charge in [-0.1, -0.05) is 49.2 Å². The molecule has 4 atom stereocenters. The van der Waals surface area contributed by atoms with E-state index >= 15 is 0 Å². The number of benzene rings is 3. The maximum atomic E-state index is 13.1. The van der Waals surface area contributed by atoms with E-state index in [2.05, 4.69) is 89.0 Å². The van der Waals surface area contributed by atoms with Gasteiger partial charge in [0.05, 0.1) is 69.1 Å². The van der Waals surface area contributed by atoms with E-state index < -0.39 is 6.09 Å². The summed E-state index contributed by atoms with van der Waals surface area (Å²) in [4.78, 5) is 61.1. The number of aromatic nitrogens is 4. The number of unbranched alkanes of at least 4 members (excludes halogenated alkanes) is 1. The Labute approximate surface area is 379 Å². The van der Waals surface area contributed by atoms with Crippen molar-refractivity contribution in [2.45, 2.75) is 102 Å². The van der Waals surface area contributed by atoms with Crippen LogP contribution in [-0.4, -0.2) is 95.7 Å². The Hall–Kier alpha value is -5.05. The maximum Gasteiger partial charge on any atom is 0.407 e. The fraction of sp³-hybridized carbons (Fsp3) is 0.511. The standard InChI is InChI=1S/C47H60Cl2N10O4/c1-28(2)43(50-3)46(61)51-19-7-6-12-41-53-34-15-13-29(23-36(34)54-41)38-17-18-39(59(38)31-25-32(48)44(33(49)26-31)57-20-8-5-9-21-57)30-14-16-35-37(24-30)56-45(55-35)40-11-10-22-58(40)42(60)27-52-47(62)63-4/h13-16,23-26,28,38-40,43,50H,5-12,17-22,27H2,1-4H3,(H,51,61)(H,52,62)(H,53,54)(H,55,56)/t38-,39-,40+,43?/m1/s1. The van der Waals surface area contributed by atoms with Crippen LogP contribution in [0.2, 0.25) is 10.0 Å². The van der Waals surface area contributed by atoms with Gasteiger partial charge in [0.1, 0.15) is 18.2 Å². The number of aromatic amines is 2. The molecule has 3 fully saturated rings. The largest absolute Gasteiger partial charge is 0.453 e. The summed E-state index contributed by atoms with van der Waals surface area (Å²) in [6, 6.07) is 16.8. The number of H-pyrrole nitrogens is 2. The fourth-order valence-corrected chi connectivity index (χ4v) is 10.6. The van der Waals surface area contributed by atoms with Gasteiger partial charge in [-0.3, -0.25) is 9.59 Å². The van der Waals surface area contributed by atoms with E-state index in [9.17, 15) is 14.4 Å². The van der Waals surface area contributed by atoms with Gasteiger partial charge in [-0.25, -0.2) is 14.8 Å². The van der Waals surface area contributed by atoms with Gasteiger partial charge in [0.25, 0.3) is 0 Å². The Morgan fingerprint density at radius 2 is 1.48 bits per heavy atom. The van der Waals surface area contributed by atoms with E-state index in [-0.39, 0.29) is 48.4 Å². The van der Waals surface area contributed by atoms with Crippen LogP contribution < -0.4 is 25.8 Å². The van der Waals surface area contributed by atoms with Crippen molar-refractivity contribution in [1.82, 2.24) is 40.8 Å². The van der Waals surface area contributed by atoms with Gasteiger partial charge >= 0.3 is 6.09 Å². The number of fused-ring (bicyclic) bond motifs is 2. The van der Waals surface area contributed by atoms with E-state index in [4.69, 9.17) is 33.2 Å².